The van der Waals surface area contributed by atoms with Gasteiger partial charge in [0.15, 0.2) is 0 Å². The number of methoxy groups -OCH3 is 1. The van der Waals surface area contributed by atoms with Crippen LogP contribution in [0.25, 0.3) is 0 Å². The highest BCUT2D eigenvalue weighted by atomic mass is 35.5. The standard InChI is InChI=1S/C14H19ClN2O3/c1-8(2)6-12(14(19)20-3)17-11-5-4-9(15)7-10(11)13(16)18/h4-5,7-8,12,17H,6H2,1-3H3,(H2,16,18). The minimum atomic E-state index is -0.608. The fourth-order valence-corrected chi connectivity index (χ4v) is 2.03. The molecular formula is C14H19ClN2O3. The summed E-state index contributed by atoms with van der Waals surface area (Å²) in [6.07, 6.45) is 0.577. The molecule has 1 amide bonds. The molecule has 3 N–H and O–H groups in total. The number of nitrogens with two attached hydrogens (primary N) is 1. The first-order valence-corrected chi connectivity index (χ1v) is 6.66. The molecule has 20 heavy (non-hydrogen) atoms. The lowest BCUT2D eigenvalue weighted by Crippen LogP contribution is -2.33. The van der Waals surface area contributed by atoms with E-state index in [1.165, 1.54) is 13.2 Å². The number of primary amides is 1. The zero-order valence-corrected chi connectivity index (χ0v) is 12.5. The van der Waals surface area contributed by atoms with Gasteiger partial charge in [-0.05, 0) is 30.5 Å². The maximum Gasteiger partial charge on any atom is 0.328 e. The predicted octanol–water partition coefficient (Wildman–Crippen LogP) is 2.44. The third-order valence-electron chi connectivity index (χ3n) is 2.77. The van der Waals surface area contributed by atoms with Crippen LogP contribution < -0.4 is 11.1 Å². The quantitative estimate of drug-likeness (QED) is 0.790. The van der Waals surface area contributed by atoms with E-state index in [2.05, 4.69) is 5.32 Å². The van der Waals surface area contributed by atoms with Crippen molar-refractivity contribution in [3.63, 3.8) is 0 Å². The van der Waals surface area contributed by atoms with Crippen molar-refractivity contribution in [2.24, 2.45) is 11.7 Å². The summed E-state index contributed by atoms with van der Waals surface area (Å²) in [5, 5.41) is 3.41. The van der Waals surface area contributed by atoms with Crippen molar-refractivity contribution in [1.29, 1.82) is 0 Å². The molecule has 6 heteroatoms. The molecule has 0 heterocycles. The summed E-state index contributed by atoms with van der Waals surface area (Å²) in [5.41, 5.74) is 6.03. The summed E-state index contributed by atoms with van der Waals surface area (Å²) in [5.74, 6) is -0.705. The van der Waals surface area contributed by atoms with E-state index in [0.29, 0.717) is 17.1 Å². The normalized spacial score (nSPS) is 12.1. The average Bonchev–Trinajstić information content (AvgIpc) is 2.38. The Hall–Kier alpha value is -1.75. The first-order chi connectivity index (χ1) is 9.35. The molecule has 1 aromatic carbocycles. The summed E-state index contributed by atoms with van der Waals surface area (Å²) in [6, 6.07) is 4.17. The molecule has 0 saturated carbocycles. The second kappa shape index (κ2) is 7.14. The number of ether oxygens (including phenoxy) is 1. The van der Waals surface area contributed by atoms with E-state index >= 15 is 0 Å². The van der Waals surface area contributed by atoms with Crippen LogP contribution in [0, 0.1) is 5.92 Å². The number of halogens is 1. The van der Waals surface area contributed by atoms with Crippen LogP contribution in [-0.4, -0.2) is 25.0 Å². The maximum absolute atomic E-state index is 11.8. The Morgan fingerprint density at radius 2 is 2.05 bits per heavy atom. The molecule has 1 atom stereocenters. The summed E-state index contributed by atoms with van der Waals surface area (Å²) < 4.78 is 4.77. The van der Waals surface area contributed by atoms with Crippen molar-refractivity contribution in [1.82, 2.24) is 0 Å². The topological polar surface area (TPSA) is 81.4 Å². The molecular weight excluding hydrogens is 280 g/mol. The van der Waals surface area contributed by atoms with Gasteiger partial charge in [-0.25, -0.2) is 4.79 Å². The summed E-state index contributed by atoms with van der Waals surface area (Å²) in [4.78, 5) is 23.2. The molecule has 0 radical (unpaired) electrons. The minimum Gasteiger partial charge on any atom is -0.467 e. The van der Waals surface area contributed by atoms with Crippen molar-refractivity contribution in [2.75, 3.05) is 12.4 Å². The Bertz CT molecular complexity index is 503. The molecule has 0 saturated heterocycles. The highest BCUT2D eigenvalue weighted by molar-refractivity contribution is 6.31. The summed E-state index contributed by atoms with van der Waals surface area (Å²) in [7, 11) is 1.33. The summed E-state index contributed by atoms with van der Waals surface area (Å²) in [6.45, 7) is 3.99. The molecule has 5 nitrogen and oxygen atoms in total. The number of benzene rings is 1. The van der Waals surface area contributed by atoms with E-state index in [0.717, 1.165) is 0 Å². The molecule has 0 spiro atoms. The number of carbonyl (C=O) groups is 2. The third-order valence-corrected chi connectivity index (χ3v) is 3.00. The second-order valence-corrected chi connectivity index (χ2v) is 5.34. The van der Waals surface area contributed by atoms with Gasteiger partial charge in [-0.2, -0.15) is 0 Å². The van der Waals surface area contributed by atoms with Gasteiger partial charge in [0.1, 0.15) is 6.04 Å². The lowest BCUT2D eigenvalue weighted by Gasteiger charge is -2.20. The summed E-state index contributed by atoms with van der Waals surface area (Å²) >= 11 is 5.84. The van der Waals surface area contributed by atoms with Gasteiger partial charge in [-0.15, -0.1) is 0 Å². The highest BCUT2D eigenvalue weighted by Crippen LogP contribution is 2.22. The van der Waals surface area contributed by atoms with Gasteiger partial charge in [0.05, 0.1) is 12.7 Å². The van der Waals surface area contributed by atoms with E-state index in [1.807, 2.05) is 13.8 Å². The lowest BCUT2D eigenvalue weighted by molar-refractivity contribution is -0.141. The van der Waals surface area contributed by atoms with Crippen LogP contribution in [0.4, 0.5) is 5.69 Å². The molecule has 0 aromatic heterocycles. The van der Waals surface area contributed by atoms with E-state index in [-0.39, 0.29) is 17.5 Å². The van der Waals surface area contributed by atoms with Crippen molar-refractivity contribution >= 4 is 29.2 Å². The molecule has 0 aliphatic carbocycles. The minimum absolute atomic E-state index is 0.246. The molecule has 1 unspecified atom stereocenters. The Morgan fingerprint density at radius 1 is 1.40 bits per heavy atom. The van der Waals surface area contributed by atoms with E-state index < -0.39 is 11.9 Å². The molecule has 0 fully saturated rings. The number of carbonyl (C=O) groups excluding carboxylic acids is 2. The third kappa shape index (κ3) is 4.42. The Morgan fingerprint density at radius 3 is 2.55 bits per heavy atom. The van der Waals surface area contributed by atoms with Crippen molar-refractivity contribution in [2.45, 2.75) is 26.3 Å². The van der Waals surface area contributed by atoms with Crippen molar-refractivity contribution in [3.05, 3.63) is 28.8 Å². The van der Waals surface area contributed by atoms with Crippen LogP contribution in [0.1, 0.15) is 30.6 Å². The van der Waals surface area contributed by atoms with Gasteiger partial charge in [0.25, 0.3) is 5.91 Å². The molecule has 0 aliphatic rings. The fourth-order valence-electron chi connectivity index (χ4n) is 1.86. The van der Waals surface area contributed by atoms with E-state index in [1.54, 1.807) is 12.1 Å². The molecule has 110 valence electrons. The molecule has 0 bridgehead atoms. The fraction of sp³-hybridized carbons (Fsp3) is 0.429. The number of esters is 1. The number of hydrogen-bond acceptors (Lipinski definition) is 4. The molecule has 1 aromatic rings. The van der Waals surface area contributed by atoms with Crippen LogP contribution in [0.3, 0.4) is 0 Å². The predicted molar refractivity (Wildman–Crippen MR) is 78.9 cm³/mol. The van der Waals surface area contributed by atoms with Crippen LogP contribution in [-0.2, 0) is 9.53 Å². The average molecular weight is 299 g/mol. The second-order valence-electron chi connectivity index (χ2n) is 4.90. The van der Waals surface area contributed by atoms with Gasteiger partial charge < -0.3 is 15.8 Å². The number of hydrogen-bond donors (Lipinski definition) is 2. The van der Waals surface area contributed by atoms with Gasteiger partial charge >= 0.3 is 5.97 Å². The number of anilines is 1. The zero-order chi connectivity index (χ0) is 15.3. The molecule has 1 rings (SSSR count). The van der Waals surface area contributed by atoms with Crippen LogP contribution in [0.2, 0.25) is 5.02 Å². The smallest absolute Gasteiger partial charge is 0.328 e. The highest BCUT2D eigenvalue weighted by Gasteiger charge is 2.22. The maximum atomic E-state index is 11.8. The molecule has 0 aliphatic heterocycles. The zero-order valence-electron chi connectivity index (χ0n) is 11.8. The van der Waals surface area contributed by atoms with Gasteiger partial charge in [0.2, 0.25) is 0 Å². The van der Waals surface area contributed by atoms with Crippen molar-refractivity contribution < 1.29 is 14.3 Å². The van der Waals surface area contributed by atoms with Crippen molar-refractivity contribution in [3.8, 4) is 0 Å². The van der Waals surface area contributed by atoms with Gasteiger partial charge in [-0.1, -0.05) is 25.4 Å². The van der Waals surface area contributed by atoms with Crippen LogP contribution in [0.15, 0.2) is 18.2 Å². The van der Waals surface area contributed by atoms with E-state index in [4.69, 9.17) is 22.1 Å². The first kappa shape index (κ1) is 16.3. The Kier molecular flexibility index (Phi) is 5.82. The van der Waals surface area contributed by atoms with Gasteiger partial charge in [-0.3, -0.25) is 4.79 Å². The monoisotopic (exact) mass is 298 g/mol. The number of rotatable bonds is 6. The largest absolute Gasteiger partial charge is 0.467 e. The number of nitrogens with one attached hydrogen (secondary N) is 1. The van der Waals surface area contributed by atoms with Crippen LogP contribution >= 0.6 is 11.6 Å². The Balaban J connectivity index is 3.04. The Labute approximate surface area is 123 Å². The number of amides is 1. The van der Waals surface area contributed by atoms with E-state index in [9.17, 15) is 9.59 Å². The first-order valence-electron chi connectivity index (χ1n) is 6.28. The van der Waals surface area contributed by atoms with Gasteiger partial charge in [0, 0.05) is 10.7 Å². The lowest BCUT2D eigenvalue weighted by atomic mass is 10.0. The SMILES string of the molecule is COC(=O)C(CC(C)C)Nc1ccc(Cl)cc1C(N)=O. The van der Waals surface area contributed by atoms with Crippen LogP contribution in [0.5, 0.6) is 0 Å².